The van der Waals surface area contributed by atoms with Gasteiger partial charge in [-0.1, -0.05) is 0 Å². The van der Waals surface area contributed by atoms with E-state index in [1.165, 1.54) is 20.2 Å². The van der Waals surface area contributed by atoms with Gasteiger partial charge in [0.25, 0.3) is 0 Å². The van der Waals surface area contributed by atoms with Crippen molar-refractivity contribution in [3.05, 3.63) is 12.0 Å². The molecule has 21 heavy (non-hydrogen) atoms. The maximum Gasteiger partial charge on any atom is 0.237 e. The predicted molar refractivity (Wildman–Crippen MR) is 78.6 cm³/mol. The van der Waals surface area contributed by atoms with E-state index in [1.54, 1.807) is 0 Å². The van der Waals surface area contributed by atoms with E-state index in [-0.39, 0.29) is 11.5 Å². The Morgan fingerprint density at radius 3 is 2.67 bits per heavy atom. The van der Waals surface area contributed by atoms with Crippen LogP contribution in [0.5, 0.6) is 0 Å². The number of aldehydes is 1. The highest BCUT2D eigenvalue weighted by atomic mass is 32.2. The number of carbonyl (C=O) groups excluding carboxylic acids is 3. The summed E-state index contributed by atoms with van der Waals surface area (Å²) in [6, 6.07) is -1.39. The molecule has 0 aromatic carbocycles. The van der Waals surface area contributed by atoms with Crippen LogP contribution >= 0.6 is 11.8 Å². The van der Waals surface area contributed by atoms with Gasteiger partial charge in [-0.3, -0.25) is 9.59 Å². The smallest absolute Gasteiger partial charge is 0.237 e. The highest BCUT2D eigenvalue weighted by Crippen LogP contribution is 2.20. The molecule has 2 atom stereocenters. The molecule has 2 unspecified atom stereocenters. The third kappa shape index (κ3) is 7.02. The lowest BCUT2D eigenvalue weighted by atomic mass is 10.1. The van der Waals surface area contributed by atoms with Crippen molar-refractivity contribution in [2.45, 2.75) is 37.4 Å². The summed E-state index contributed by atoms with van der Waals surface area (Å²) in [5.74, 6) is -0.405. The first-order valence-electron chi connectivity index (χ1n) is 6.10. The summed E-state index contributed by atoms with van der Waals surface area (Å²) in [5.41, 5.74) is 6.04. The van der Waals surface area contributed by atoms with E-state index in [2.05, 4.69) is 15.3 Å². The summed E-state index contributed by atoms with van der Waals surface area (Å²) in [6.45, 7) is 2.96. The van der Waals surface area contributed by atoms with E-state index in [4.69, 9.17) is 10.8 Å². The number of nitrogens with one attached hydrogen (secondary N) is 2. The Balaban J connectivity index is 0.00000191. The van der Waals surface area contributed by atoms with Crippen LogP contribution in [0, 0.1) is 0 Å². The minimum Gasteiger partial charge on any atom is -0.400 e. The summed E-state index contributed by atoms with van der Waals surface area (Å²) in [5, 5.41) is 9.92. The lowest BCUT2D eigenvalue weighted by Crippen LogP contribution is -2.45. The largest absolute Gasteiger partial charge is 0.400 e. The first kappa shape index (κ1) is 19.3. The predicted octanol–water partition coefficient (Wildman–Crippen LogP) is -0.770. The summed E-state index contributed by atoms with van der Waals surface area (Å²) < 4.78 is 0. The molecule has 0 aliphatic carbocycles. The van der Waals surface area contributed by atoms with Crippen molar-refractivity contribution in [1.82, 2.24) is 15.3 Å². The average molecular weight is 316 g/mol. The maximum atomic E-state index is 11.4. The number of rotatable bonds is 6. The molecule has 1 aromatic rings. The van der Waals surface area contributed by atoms with Gasteiger partial charge in [0.05, 0.1) is 24.1 Å². The van der Waals surface area contributed by atoms with Crippen LogP contribution in [0.3, 0.4) is 0 Å². The lowest BCUT2D eigenvalue weighted by molar-refractivity contribution is -0.124. The third-order valence-electron chi connectivity index (χ3n) is 2.25. The van der Waals surface area contributed by atoms with Gasteiger partial charge in [0.1, 0.15) is 11.3 Å². The first-order valence-corrected chi connectivity index (χ1v) is 6.92. The number of carbonyl (C=O) groups is 3. The fraction of sp³-hybridized carbons (Fsp3) is 0.500. The van der Waals surface area contributed by atoms with Crippen LogP contribution in [0.15, 0.2) is 11.4 Å². The topological polar surface area (TPSA) is 138 Å². The number of H-pyrrole nitrogens is 1. The molecule has 1 aromatic heterocycles. The molecule has 0 saturated carbocycles. The molecule has 8 nitrogen and oxygen atoms in total. The number of hydrogen-bond acceptors (Lipinski definition) is 7. The van der Waals surface area contributed by atoms with Crippen molar-refractivity contribution in [3.8, 4) is 0 Å². The standard InChI is InChI=1S/C11H16N4O3S.CH4O/c1-6(12)10(18)15-8(4-16)3-9-11(14-5-13-9)19-7(2)17;1-2/h4-6,8H,3,12H2,1-2H3,(H,13,14)(H,15,18);2H,1H3. The zero-order chi connectivity index (χ0) is 16.4. The Bertz CT molecular complexity index is 476. The minimum absolute atomic E-state index is 0.101. The first-order chi connectivity index (χ1) is 9.93. The molecule has 0 saturated heterocycles. The van der Waals surface area contributed by atoms with Gasteiger partial charge in [-0.25, -0.2) is 4.98 Å². The Morgan fingerprint density at radius 2 is 2.19 bits per heavy atom. The van der Waals surface area contributed by atoms with Crippen LogP contribution in [0.4, 0.5) is 0 Å². The van der Waals surface area contributed by atoms with Gasteiger partial charge < -0.3 is 25.9 Å². The highest BCUT2D eigenvalue weighted by molar-refractivity contribution is 8.13. The molecule has 118 valence electrons. The second kappa shape index (κ2) is 10.1. The number of aliphatic hydroxyl groups excluding tert-OH is 1. The van der Waals surface area contributed by atoms with E-state index in [9.17, 15) is 14.4 Å². The van der Waals surface area contributed by atoms with E-state index >= 15 is 0 Å². The van der Waals surface area contributed by atoms with Gasteiger partial charge >= 0.3 is 0 Å². The van der Waals surface area contributed by atoms with Crippen LogP contribution in [-0.2, 0) is 20.8 Å². The monoisotopic (exact) mass is 316 g/mol. The summed E-state index contributed by atoms with van der Waals surface area (Å²) in [6.07, 6.45) is 2.30. The van der Waals surface area contributed by atoms with Crippen LogP contribution in [-0.4, -0.2) is 51.6 Å². The number of nitrogens with zero attached hydrogens (tertiary/aromatic N) is 1. The third-order valence-corrected chi connectivity index (χ3v) is 3.08. The molecule has 0 bridgehead atoms. The zero-order valence-corrected chi connectivity index (χ0v) is 12.9. The molecule has 1 amide bonds. The molecule has 0 aliphatic heterocycles. The van der Waals surface area contributed by atoms with Crippen molar-refractivity contribution in [2.24, 2.45) is 5.73 Å². The normalized spacial score (nSPS) is 12.6. The van der Waals surface area contributed by atoms with Crippen molar-refractivity contribution in [3.63, 3.8) is 0 Å². The molecule has 0 radical (unpaired) electrons. The average Bonchev–Trinajstić information content (AvgIpc) is 2.86. The highest BCUT2D eigenvalue weighted by Gasteiger charge is 2.18. The van der Waals surface area contributed by atoms with E-state index in [0.717, 1.165) is 18.9 Å². The van der Waals surface area contributed by atoms with Gasteiger partial charge in [-0.2, -0.15) is 0 Å². The minimum atomic E-state index is -0.703. The molecule has 0 aliphatic rings. The number of nitrogens with two attached hydrogens (primary N) is 1. The van der Waals surface area contributed by atoms with E-state index in [1.807, 2.05) is 0 Å². The van der Waals surface area contributed by atoms with Gasteiger partial charge in [-0.15, -0.1) is 0 Å². The number of aromatic amines is 1. The molecular formula is C12H20N4O4S. The molecule has 1 heterocycles. The zero-order valence-electron chi connectivity index (χ0n) is 12.1. The van der Waals surface area contributed by atoms with Crippen molar-refractivity contribution >= 4 is 29.1 Å². The van der Waals surface area contributed by atoms with Gasteiger partial charge in [0.15, 0.2) is 5.12 Å². The summed E-state index contributed by atoms with van der Waals surface area (Å²) in [4.78, 5) is 40.3. The quantitative estimate of drug-likeness (QED) is 0.399. The Kier molecular flexibility index (Phi) is 9.26. The number of aromatic nitrogens is 2. The Morgan fingerprint density at radius 1 is 1.57 bits per heavy atom. The number of imidazole rings is 1. The van der Waals surface area contributed by atoms with Crippen molar-refractivity contribution in [2.75, 3.05) is 7.11 Å². The fourth-order valence-corrected chi connectivity index (χ4v) is 1.99. The fourth-order valence-electron chi connectivity index (χ4n) is 1.35. The number of thioether (sulfide) groups is 1. The maximum absolute atomic E-state index is 11.4. The van der Waals surface area contributed by atoms with E-state index in [0.29, 0.717) is 17.0 Å². The molecule has 5 N–H and O–H groups in total. The molecule has 1 rings (SSSR count). The number of aliphatic hydroxyl groups is 1. The van der Waals surface area contributed by atoms with Crippen LogP contribution in [0.1, 0.15) is 19.5 Å². The molecule has 0 fully saturated rings. The second-order valence-corrected chi connectivity index (χ2v) is 5.19. The molecule has 9 heteroatoms. The Labute approximate surface area is 126 Å². The van der Waals surface area contributed by atoms with Crippen LogP contribution < -0.4 is 11.1 Å². The molecular weight excluding hydrogens is 296 g/mol. The summed E-state index contributed by atoms with van der Waals surface area (Å²) in [7, 11) is 1.00. The van der Waals surface area contributed by atoms with Crippen LogP contribution in [0.2, 0.25) is 0 Å². The lowest BCUT2D eigenvalue weighted by Gasteiger charge is -2.14. The van der Waals surface area contributed by atoms with Crippen molar-refractivity contribution in [1.29, 1.82) is 0 Å². The summed E-state index contributed by atoms with van der Waals surface area (Å²) >= 11 is 0.975. The van der Waals surface area contributed by atoms with Gasteiger partial charge in [0, 0.05) is 20.5 Å². The number of hydrogen-bond donors (Lipinski definition) is 4. The van der Waals surface area contributed by atoms with Crippen molar-refractivity contribution < 1.29 is 19.5 Å². The van der Waals surface area contributed by atoms with Gasteiger partial charge in [0.2, 0.25) is 5.91 Å². The van der Waals surface area contributed by atoms with E-state index < -0.39 is 18.0 Å². The SMILES string of the molecule is CC(=O)Sc1nc[nH]c1CC(C=O)NC(=O)C(C)N.CO. The molecule has 0 spiro atoms. The number of amides is 1. The van der Waals surface area contributed by atoms with Gasteiger partial charge in [-0.05, 0) is 18.7 Å². The Hall–Kier alpha value is -1.71. The second-order valence-electron chi connectivity index (χ2n) is 4.02. The van der Waals surface area contributed by atoms with Crippen LogP contribution in [0.25, 0.3) is 0 Å².